The fourth-order valence-corrected chi connectivity index (χ4v) is 4.48. The molecule has 0 aromatic heterocycles. The van der Waals surface area contributed by atoms with Crippen LogP contribution in [0.15, 0.2) is 30.3 Å². The maximum atomic E-state index is 14.6. The van der Waals surface area contributed by atoms with Gasteiger partial charge < -0.3 is 23.8 Å². The van der Waals surface area contributed by atoms with Crippen molar-refractivity contribution in [2.75, 3.05) is 35.0 Å². The SMILES string of the molecule is COc1ccc(C2c3cc(OC)c(OC)cc3CCN2C(=O)c2c(F)c(F)c(F)c(F)c2F)cc1OC. The van der Waals surface area contributed by atoms with Gasteiger partial charge in [0.15, 0.2) is 46.3 Å². The predicted octanol–water partition coefficient (Wildman–Crippen LogP) is 5.20. The number of hydrogen-bond acceptors (Lipinski definition) is 5. The smallest absolute Gasteiger partial charge is 0.260 e. The van der Waals surface area contributed by atoms with Crippen molar-refractivity contribution in [3.05, 3.63) is 81.7 Å². The van der Waals surface area contributed by atoms with E-state index in [1.54, 1.807) is 30.3 Å². The van der Waals surface area contributed by atoms with Crippen molar-refractivity contribution in [1.82, 2.24) is 4.90 Å². The molecule has 1 aliphatic rings. The molecule has 1 atom stereocenters. The summed E-state index contributed by atoms with van der Waals surface area (Å²) in [5.74, 6) is -11.1. The Hall–Kier alpha value is -4.02. The van der Waals surface area contributed by atoms with E-state index < -0.39 is 46.6 Å². The maximum absolute atomic E-state index is 14.6. The highest BCUT2D eigenvalue weighted by molar-refractivity contribution is 5.95. The third-order valence-electron chi connectivity index (χ3n) is 6.28. The van der Waals surface area contributed by atoms with E-state index in [0.29, 0.717) is 34.1 Å². The van der Waals surface area contributed by atoms with Gasteiger partial charge in [-0.15, -0.1) is 0 Å². The zero-order chi connectivity index (χ0) is 27.0. The Morgan fingerprint density at radius 3 is 1.81 bits per heavy atom. The molecule has 11 heteroatoms. The largest absolute Gasteiger partial charge is 0.493 e. The number of carbonyl (C=O) groups excluding carboxylic acids is 1. The van der Waals surface area contributed by atoms with Gasteiger partial charge in [0.05, 0.1) is 34.5 Å². The lowest BCUT2D eigenvalue weighted by atomic mass is 9.87. The molecular formula is C26H22F5NO5. The van der Waals surface area contributed by atoms with Gasteiger partial charge in [-0.2, -0.15) is 0 Å². The Morgan fingerprint density at radius 2 is 1.24 bits per heavy atom. The molecule has 1 aliphatic heterocycles. The second kappa shape index (κ2) is 10.2. The molecule has 1 heterocycles. The van der Waals surface area contributed by atoms with Crippen molar-refractivity contribution in [2.24, 2.45) is 0 Å². The summed E-state index contributed by atoms with van der Waals surface area (Å²) in [7, 11) is 5.71. The zero-order valence-corrected chi connectivity index (χ0v) is 20.3. The van der Waals surface area contributed by atoms with Crippen LogP contribution in [-0.2, 0) is 6.42 Å². The Labute approximate surface area is 209 Å². The summed E-state index contributed by atoms with van der Waals surface area (Å²) in [6.45, 7) is -0.0974. The lowest BCUT2D eigenvalue weighted by molar-refractivity contribution is 0.0680. The van der Waals surface area contributed by atoms with Crippen LogP contribution in [0.2, 0.25) is 0 Å². The summed E-state index contributed by atoms with van der Waals surface area (Å²) in [6.07, 6.45) is 0.209. The van der Waals surface area contributed by atoms with E-state index >= 15 is 0 Å². The van der Waals surface area contributed by atoms with Crippen LogP contribution in [0.3, 0.4) is 0 Å². The number of hydrogen-bond donors (Lipinski definition) is 0. The molecule has 0 saturated heterocycles. The third-order valence-corrected chi connectivity index (χ3v) is 6.28. The van der Waals surface area contributed by atoms with Gasteiger partial charge in [0, 0.05) is 6.54 Å². The Balaban J connectivity index is 1.95. The molecule has 0 bridgehead atoms. The second-order valence-corrected chi connectivity index (χ2v) is 8.12. The molecule has 0 fully saturated rings. The van der Waals surface area contributed by atoms with Gasteiger partial charge in [-0.25, -0.2) is 22.0 Å². The molecule has 196 valence electrons. The standard InChI is InChI=1S/C26H22F5NO5/c1-34-15-6-5-13(10-16(15)35-2)25-14-11-18(37-4)17(36-3)9-12(14)7-8-32(25)26(33)19-20(27)22(29)24(31)23(30)21(19)28/h5-6,9-11,25H,7-8H2,1-4H3. The monoisotopic (exact) mass is 523 g/mol. The van der Waals surface area contributed by atoms with Crippen molar-refractivity contribution in [1.29, 1.82) is 0 Å². The number of benzene rings is 3. The van der Waals surface area contributed by atoms with Gasteiger partial charge in [-0.3, -0.25) is 4.79 Å². The molecule has 1 amide bonds. The summed E-state index contributed by atoms with van der Waals surface area (Å²) in [5, 5.41) is 0. The Kier molecular flexibility index (Phi) is 7.15. The number of fused-ring (bicyclic) bond motifs is 1. The number of halogens is 5. The molecule has 37 heavy (non-hydrogen) atoms. The van der Waals surface area contributed by atoms with E-state index in [1.807, 2.05) is 0 Å². The molecule has 0 saturated carbocycles. The minimum atomic E-state index is -2.34. The molecule has 0 N–H and O–H groups in total. The van der Waals surface area contributed by atoms with Gasteiger partial charge in [0.25, 0.3) is 5.91 Å². The highest BCUT2D eigenvalue weighted by Crippen LogP contribution is 2.43. The fraction of sp³-hybridized carbons (Fsp3) is 0.269. The van der Waals surface area contributed by atoms with E-state index in [1.165, 1.54) is 28.4 Å². The lowest BCUT2D eigenvalue weighted by Gasteiger charge is -2.38. The summed E-state index contributed by atoms with van der Waals surface area (Å²) >= 11 is 0. The van der Waals surface area contributed by atoms with Crippen LogP contribution >= 0.6 is 0 Å². The van der Waals surface area contributed by atoms with Crippen LogP contribution in [0.25, 0.3) is 0 Å². The number of amides is 1. The van der Waals surface area contributed by atoms with Crippen molar-refractivity contribution in [3.8, 4) is 23.0 Å². The topological polar surface area (TPSA) is 57.2 Å². The van der Waals surface area contributed by atoms with E-state index in [4.69, 9.17) is 18.9 Å². The molecule has 4 rings (SSSR count). The highest BCUT2D eigenvalue weighted by Gasteiger charge is 2.38. The third kappa shape index (κ3) is 4.28. The quantitative estimate of drug-likeness (QED) is 0.253. The predicted molar refractivity (Wildman–Crippen MR) is 122 cm³/mol. The van der Waals surface area contributed by atoms with Crippen molar-refractivity contribution in [3.63, 3.8) is 0 Å². The van der Waals surface area contributed by atoms with E-state index in [2.05, 4.69) is 0 Å². The first kappa shape index (κ1) is 26.1. The van der Waals surface area contributed by atoms with Gasteiger partial charge in [0.2, 0.25) is 5.82 Å². The normalized spacial score (nSPS) is 14.7. The van der Waals surface area contributed by atoms with Crippen LogP contribution in [0, 0.1) is 29.1 Å². The first-order valence-corrected chi connectivity index (χ1v) is 11.0. The van der Waals surface area contributed by atoms with Crippen molar-refractivity contribution < 1.29 is 45.7 Å². The first-order valence-electron chi connectivity index (χ1n) is 11.0. The first-order chi connectivity index (χ1) is 17.7. The highest BCUT2D eigenvalue weighted by atomic mass is 19.2. The molecule has 0 spiro atoms. The minimum Gasteiger partial charge on any atom is -0.493 e. The van der Waals surface area contributed by atoms with Crippen LogP contribution in [0.1, 0.15) is 33.1 Å². The number of rotatable bonds is 6. The van der Waals surface area contributed by atoms with E-state index in [0.717, 1.165) is 10.5 Å². The summed E-state index contributed by atoms with van der Waals surface area (Å²) < 4.78 is 92.2. The van der Waals surface area contributed by atoms with Gasteiger partial charge in [-0.05, 0) is 47.4 Å². The lowest BCUT2D eigenvalue weighted by Crippen LogP contribution is -2.41. The van der Waals surface area contributed by atoms with Gasteiger partial charge in [-0.1, -0.05) is 6.07 Å². The van der Waals surface area contributed by atoms with E-state index in [9.17, 15) is 26.7 Å². The average molecular weight is 523 g/mol. The van der Waals surface area contributed by atoms with Crippen LogP contribution in [0.5, 0.6) is 23.0 Å². The number of methoxy groups -OCH3 is 4. The molecule has 3 aromatic rings. The molecule has 6 nitrogen and oxygen atoms in total. The van der Waals surface area contributed by atoms with E-state index in [-0.39, 0.29) is 13.0 Å². The summed E-state index contributed by atoms with van der Waals surface area (Å²) in [6, 6.07) is 7.05. The Bertz CT molecular complexity index is 1350. The molecule has 1 unspecified atom stereocenters. The van der Waals surface area contributed by atoms with Gasteiger partial charge >= 0.3 is 0 Å². The molecule has 0 radical (unpaired) electrons. The number of ether oxygens (including phenoxy) is 4. The van der Waals surface area contributed by atoms with Gasteiger partial charge in [0.1, 0.15) is 5.56 Å². The molecule has 3 aromatic carbocycles. The van der Waals surface area contributed by atoms with Crippen LogP contribution in [0.4, 0.5) is 22.0 Å². The fourth-order valence-electron chi connectivity index (χ4n) is 4.48. The average Bonchev–Trinajstić information content (AvgIpc) is 2.93. The van der Waals surface area contributed by atoms with Crippen molar-refractivity contribution >= 4 is 5.91 Å². The van der Waals surface area contributed by atoms with Crippen LogP contribution in [-0.4, -0.2) is 45.8 Å². The minimum absolute atomic E-state index is 0.0974. The molecule has 0 aliphatic carbocycles. The summed E-state index contributed by atoms with van der Waals surface area (Å²) in [4.78, 5) is 14.5. The van der Waals surface area contributed by atoms with Crippen molar-refractivity contribution in [2.45, 2.75) is 12.5 Å². The maximum Gasteiger partial charge on any atom is 0.260 e. The number of nitrogens with zero attached hydrogens (tertiary/aromatic N) is 1. The Morgan fingerprint density at radius 1 is 0.730 bits per heavy atom. The van der Waals surface area contributed by atoms with Crippen LogP contribution < -0.4 is 18.9 Å². The second-order valence-electron chi connectivity index (χ2n) is 8.12. The summed E-state index contributed by atoms with van der Waals surface area (Å²) in [5.41, 5.74) is 0.140. The zero-order valence-electron chi connectivity index (χ0n) is 20.3. The number of carbonyl (C=O) groups is 1. The molecular weight excluding hydrogens is 501 g/mol.